The molecule has 0 amide bonds. The van der Waals surface area contributed by atoms with Crippen LogP contribution < -0.4 is 10.6 Å². The molecule has 0 bridgehead atoms. The van der Waals surface area contributed by atoms with Gasteiger partial charge in [-0.05, 0) is 48.9 Å². The normalized spacial score (nSPS) is 17.0. The molecule has 3 aliphatic rings. The van der Waals surface area contributed by atoms with Crippen molar-refractivity contribution in [3.05, 3.63) is 58.5 Å². The van der Waals surface area contributed by atoms with Crippen LogP contribution in [-0.4, -0.2) is 20.9 Å². The van der Waals surface area contributed by atoms with Crippen molar-refractivity contribution in [1.29, 1.82) is 0 Å². The average molecular weight is 330 g/mol. The van der Waals surface area contributed by atoms with Gasteiger partial charge < -0.3 is 4.90 Å². The summed E-state index contributed by atoms with van der Waals surface area (Å²) in [4.78, 5) is 15.5. The number of rotatable bonds is 2. The van der Waals surface area contributed by atoms with E-state index in [1.807, 2.05) is 22.8 Å². The molecule has 3 aromatic rings. The Kier molecular flexibility index (Phi) is 2.49. The molecule has 0 radical (unpaired) electrons. The molecule has 0 unspecified atom stereocenters. The first-order valence-electron chi connectivity index (χ1n) is 9.00. The number of hydrogen-bond donors (Lipinski definition) is 0. The number of nitrogens with zero attached hydrogens (tertiary/aromatic N) is 4. The first-order valence-corrected chi connectivity index (χ1v) is 9.00. The summed E-state index contributed by atoms with van der Waals surface area (Å²) in [6, 6.07) is 14.6. The maximum atomic E-state index is 13.2. The van der Waals surface area contributed by atoms with Crippen molar-refractivity contribution in [1.82, 2.24) is 14.3 Å². The number of fused-ring (bicyclic) bond motifs is 5. The van der Waals surface area contributed by atoms with E-state index in [2.05, 4.69) is 29.2 Å². The Labute approximate surface area is 145 Å². The molecule has 2 aliphatic heterocycles. The highest BCUT2D eigenvalue weighted by atomic mass is 16.2. The standard InChI is InChI=1S/C20H18N4O/c25-20-23(12-13-8-9-13)21-19-15-5-3-4-14-10-11-22(18(14)15)16-6-1-2-7-17(16)24(19)20/h1-7,13H,8-12H2. The molecular formula is C20H18N4O. The van der Waals surface area contributed by atoms with Crippen LogP contribution in [0.4, 0.5) is 11.4 Å². The van der Waals surface area contributed by atoms with Crippen molar-refractivity contribution in [3.8, 4) is 17.1 Å². The summed E-state index contributed by atoms with van der Waals surface area (Å²) in [7, 11) is 0. The summed E-state index contributed by atoms with van der Waals surface area (Å²) in [5.41, 5.74) is 5.64. The van der Waals surface area contributed by atoms with Crippen LogP contribution in [-0.2, 0) is 13.0 Å². The zero-order valence-electron chi connectivity index (χ0n) is 13.9. The van der Waals surface area contributed by atoms with E-state index in [4.69, 9.17) is 5.10 Å². The van der Waals surface area contributed by atoms with E-state index in [0.29, 0.717) is 5.92 Å². The Morgan fingerprint density at radius 1 is 1.04 bits per heavy atom. The molecule has 5 nitrogen and oxygen atoms in total. The van der Waals surface area contributed by atoms with E-state index in [1.54, 1.807) is 4.68 Å². The van der Waals surface area contributed by atoms with Gasteiger partial charge in [-0.1, -0.05) is 24.3 Å². The molecule has 0 spiro atoms. The van der Waals surface area contributed by atoms with Gasteiger partial charge >= 0.3 is 5.69 Å². The van der Waals surface area contributed by atoms with E-state index in [1.165, 1.54) is 24.1 Å². The Morgan fingerprint density at radius 2 is 1.88 bits per heavy atom. The number of benzene rings is 2. The molecular weight excluding hydrogens is 312 g/mol. The number of hydrogen-bond acceptors (Lipinski definition) is 3. The van der Waals surface area contributed by atoms with Crippen molar-refractivity contribution in [3.63, 3.8) is 0 Å². The van der Waals surface area contributed by atoms with Gasteiger partial charge in [0.1, 0.15) is 0 Å². The monoisotopic (exact) mass is 330 g/mol. The van der Waals surface area contributed by atoms with Crippen molar-refractivity contribution in [2.75, 3.05) is 11.4 Å². The Balaban J connectivity index is 1.71. The Hall–Kier alpha value is -2.82. The minimum absolute atomic E-state index is 0.0203. The second-order valence-electron chi connectivity index (χ2n) is 7.27. The third kappa shape index (κ3) is 1.78. The minimum atomic E-state index is -0.0203. The van der Waals surface area contributed by atoms with Crippen LogP contribution >= 0.6 is 0 Å². The summed E-state index contributed by atoms with van der Waals surface area (Å²) >= 11 is 0. The van der Waals surface area contributed by atoms with Gasteiger partial charge in [-0.15, -0.1) is 5.10 Å². The van der Waals surface area contributed by atoms with Gasteiger partial charge in [-0.3, -0.25) is 0 Å². The molecule has 124 valence electrons. The maximum absolute atomic E-state index is 13.2. The molecule has 1 aromatic heterocycles. The summed E-state index contributed by atoms with van der Waals surface area (Å²) in [6.45, 7) is 1.68. The topological polar surface area (TPSA) is 43.1 Å². The van der Waals surface area contributed by atoms with Gasteiger partial charge in [-0.2, -0.15) is 0 Å². The largest absolute Gasteiger partial charge is 0.350 e. The first-order chi connectivity index (χ1) is 12.3. The second-order valence-corrected chi connectivity index (χ2v) is 7.27. The fourth-order valence-corrected chi connectivity index (χ4v) is 4.22. The van der Waals surface area contributed by atoms with Crippen molar-refractivity contribution >= 4 is 11.4 Å². The summed E-state index contributed by atoms with van der Waals surface area (Å²) in [5, 5.41) is 4.77. The van der Waals surface area contributed by atoms with Gasteiger partial charge in [-0.25, -0.2) is 14.0 Å². The summed E-state index contributed by atoms with van der Waals surface area (Å²) in [5.74, 6) is 1.39. The van der Waals surface area contributed by atoms with E-state index >= 15 is 0 Å². The highest BCUT2D eigenvalue weighted by molar-refractivity contribution is 5.89. The number of para-hydroxylation sites is 3. The lowest BCUT2D eigenvalue weighted by molar-refractivity contribution is 0.543. The predicted octanol–water partition coefficient (Wildman–Crippen LogP) is 3.12. The Morgan fingerprint density at radius 3 is 2.72 bits per heavy atom. The van der Waals surface area contributed by atoms with E-state index < -0.39 is 0 Å². The molecule has 0 saturated heterocycles. The van der Waals surface area contributed by atoms with Crippen molar-refractivity contribution < 1.29 is 0 Å². The molecule has 1 aliphatic carbocycles. The van der Waals surface area contributed by atoms with Crippen LogP contribution in [0.15, 0.2) is 47.3 Å². The van der Waals surface area contributed by atoms with Crippen LogP contribution in [0.1, 0.15) is 18.4 Å². The zero-order chi connectivity index (χ0) is 16.5. The molecule has 2 aromatic carbocycles. The quantitative estimate of drug-likeness (QED) is 0.725. The fourth-order valence-electron chi connectivity index (χ4n) is 4.22. The molecule has 25 heavy (non-hydrogen) atoms. The Bertz CT molecular complexity index is 1070. The zero-order valence-corrected chi connectivity index (χ0v) is 13.9. The molecule has 5 heteroatoms. The molecule has 1 fully saturated rings. The van der Waals surface area contributed by atoms with Crippen molar-refractivity contribution in [2.45, 2.75) is 25.8 Å². The second kappa shape index (κ2) is 4.63. The van der Waals surface area contributed by atoms with Gasteiger partial charge in [0.05, 0.1) is 17.1 Å². The highest BCUT2D eigenvalue weighted by Crippen LogP contribution is 2.46. The lowest BCUT2D eigenvalue weighted by Crippen LogP contribution is -2.25. The van der Waals surface area contributed by atoms with Gasteiger partial charge in [0.15, 0.2) is 5.82 Å². The first kappa shape index (κ1) is 13.5. The molecule has 0 atom stereocenters. The lowest BCUT2D eigenvalue weighted by Gasteiger charge is -2.21. The third-order valence-electron chi connectivity index (χ3n) is 5.62. The molecule has 3 heterocycles. The predicted molar refractivity (Wildman–Crippen MR) is 96.7 cm³/mol. The van der Waals surface area contributed by atoms with E-state index in [-0.39, 0.29) is 5.69 Å². The lowest BCUT2D eigenvalue weighted by atomic mass is 10.1. The SMILES string of the molecule is O=c1n(CC2CC2)nc2n1-c1ccccc1N1CCc3cccc-2c31. The van der Waals surface area contributed by atoms with E-state index in [0.717, 1.165) is 42.3 Å². The van der Waals surface area contributed by atoms with Gasteiger partial charge in [0.2, 0.25) is 0 Å². The summed E-state index contributed by atoms with van der Waals surface area (Å²) in [6.07, 6.45) is 3.45. The number of aromatic nitrogens is 3. The van der Waals surface area contributed by atoms with Crippen molar-refractivity contribution in [2.24, 2.45) is 5.92 Å². The van der Waals surface area contributed by atoms with E-state index in [9.17, 15) is 4.79 Å². The van der Waals surface area contributed by atoms with Crippen LogP contribution in [0.2, 0.25) is 0 Å². The average Bonchev–Trinajstić information content (AvgIpc) is 3.28. The van der Waals surface area contributed by atoms with Gasteiger partial charge in [0.25, 0.3) is 0 Å². The molecule has 6 rings (SSSR count). The van der Waals surface area contributed by atoms with Gasteiger partial charge in [0, 0.05) is 18.7 Å². The third-order valence-corrected chi connectivity index (χ3v) is 5.62. The minimum Gasteiger partial charge on any atom is -0.339 e. The highest BCUT2D eigenvalue weighted by Gasteiger charge is 2.33. The summed E-state index contributed by atoms with van der Waals surface area (Å²) < 4.78 is 3.49. The van der Waals surface area contributed by atoms with Crippen LogP contribution in [0.3, 0.4) is 0 Å². The maximum Gasteiger partial charge on any atom is 0.350 e. The van der Waals surface area contributed by atoms with Crippen LogP contribution in [0, 0.1) is 5.92 Å². The van der Waals surface area contributed by atoms with Crippen LogP contribution in [0.25, 0.3) is 17.1 Å². The number of anilines is 2. The molecule has 1 saturated carbocycles. The molecule has 0 N–H and O–H groups in total. The van der Waals surface area contributed by atoms with Crippen LogP contribution in [0.5, 0.6) is 0 Å². The fraction of sp³-hybridized carbons (Fsp3) is 0.300. The smallest absolute Gasteiger partial charge is 0.339 e.